The molecular formula is C23H34N4O2S. The highest BCUT2D eigenvalue weighted by Gasteiger charge is 2.28. The minimum absolute atomic E-state index is 0.149. The van der Waals surface area contributed by atoms with Crippen molar-refractivity contribution < 1.29 is 8.42 Å². The van der Waals surface area contributed by atoms with E-state index in [1.807, 2.05) is 0 Å². The fraction of sp³-hybridized carbons (Fsp3) is 0.565. The van der Waals surface area contributed by atoms with Crippen molar-refractivity contribution >= 4 is 15.8 Å². The second-order valence-corrected chi connectivity index (χ2v) is 10.5. The normalized spacial score (nSPS) is 16.6. The van der Waals surface area contributed by atoms with Gasteiger partial charge in [-0.15, -0.1) is 0 Å². The Hall–Kier alpha value is -1.99. The summed E-state index contributed by atoms with van der Waals surface area (Å²) in [4.78, 5) is 12.1. The van der Waals surface area contributed by atoms with E-state index < -0.39 is 10.0 Å². The van der Waals surface area contributed by atoms with Crippen molar-refractivity contribution in [3.05, 3.63) is 52.5 Å². The number of rotatable bonds is 7. The van der Waals surface area contributed by atoms with Gasteiger partial charge in [-0.1, -0.05) is 43.7 Å². The lowest BCUT2D eigenvalue weighted by molar-refractivity contribution is 0.384. The quantitative estimate of drug-likeness (QED) is 0.670. The Balaban J connectivity index is 1.95. The van der Waals surface area contributed by atoms with Gasteiger partial charge in [0.1, 0.15) is 11.6 Å². The van der Waals surface area contributed by atoms with Gasteiger partial charge in [0.15, 0.2) is 0 Å². The molecule has 0 unspecified atom stereocenters. The molecule has 0 bridgehead atoms. The zero-order chi connectivity index (χ0) is 21.9. The van der Waals surface area contributed by atoms with Crippen molar-refractivity contribution in [1.82, 2.24) is 14.3 Å². The maximum absolute atomic E-state index is 12.3. The molecule has 2 aromatic rings. The Morgan fingerprint density at radius 3 is 2.37 bits per heavy atom. The monoisotopic (exact) mass is 430 g/mol. The van der Waals surface area contributed by atoms with Crippen LogP contribution in [0.4, 0.5) is 5.82 Å². The van der Waals surface area contributed by atoms with Gasteiger partial charge in [0, 0.05) is 49.8 Å². The van der Waals surface area contributed by atoms with Crippen molar-refractivity contribution in [2.45, 2.75) is 53.4 Å². The van der Waals surface area contributed by atoms with Crippen LogP contribution in [0.15, 0.2) is 24.3 Å². The average Bonchev–Trinajstić information content (AvgIpc) is 2.74. The Morgan fingerprint density at radius 2 is 1.77 bits per heavy atom. The molecule has 30 heavy (non-hydrogen) atoms. The number of nitrogens with zero attached hydrogens (tertiary/aromatic N) is 4. The molecule has 3 rings (SSSR count). The third-order valence-electron chi connectivity index (χ3n) is 6.02. The van der Waals surface area contributed by atoms with Gasteiger partial charge >= 0.3 is 0 Å². The van der Waals surface area contributed by atoms with Gasteiger partial charge < -0.3 is 4.90 Å². The van der Waals surface area contributed by atoms with Crippen molar-refractivity contribution in [2.24, 2.45) is 0 Å². The second kappa shape index (κ2) is 9.43. The molecule has 164 valence electrons. The molecule has 2 heterocycles. The molecule has 0 saturated carbocycles. The summed E-state index contributed by atoms with van der Waals surface area (Å²) in [7, 11) is -3.15. The van der Waals surface area contributed by atoms with Crippen LogP contribution in [0.1, 0.15) is 61.3 Å². The highest BCUT2D eigenvalue weighted by Crippen LogP contribution is 2.28. The van der Waals surface area contributed by atoms with Crippen LogP contribution in [0.3, 0.4) is 0 Å². The number of piperazine rings is 1. The first kappa shape index (κ1) is 22.7. The molecule has 0 radical (unpaired) electrons. The first-order chi connectivity index (χ1) is 14.2. The van der Waals surface area contributed by atoms with E-state index in [0.29, 0.717) is 26.2 Å². The lowest BCUT2D eigenvalue weighted by Crippen LogP contribution is -2.49. The van der Waals surface area contributed by atoms with Gasteiger partial charge in [0.25, 0.3) is 0 Å². The molecule has 1 atom stereocenters. The van der Waals surface area contributed by atoms with Crippen molar-refractivity contribution in [2.75, 3.05) is 36.8 Å². The molecule has 0 spiro atoms. The summed E-state index contributed by atoms with van der Waals surface area (Å²) in [6.07, 6.45) is 1.76. The van der Waals surface area contributed by atoms with Crippen molar-refractivity contribution in [3.63, 3.8) is 0 Å². The topological polar surface area (TPSA) is 66.4 Å². The summed E-state index contributed by atoms with van der Waals surface area (Å²) in [5, 5.41) is 0. The Bertz CT molecular complexity index is 983. The van der Waals surface area contributed by atoms with Crippen LogP contribution in [0.25, 0.3) is 0 Å². The third-order valence-corrected chi connectivity index (χ3v) is 7.90. The van der Waals surface area contributed by atoms with E-state index in [2.05, 4.69) is 56.9 Å². The van der Waals surface area contributed by atoms with Crippen LogP contribution in [-0.4, -0.2) is 54.6 Å². The highest BCUT2D eigenvalue weighted by molar-refractivity contribution is 7.89. The third kappa shape index (κ3) is 5.01. The molecule has 6 nitrogen and oxygen atoms in total. The molecule has 0 aliphatic carbocycles. The van der Waals surface area contributed by atoms with E-state index in [9.17, 15) is 8.42 Å². The van der Waals surface area contributed by atoms with E-state index >= 15 is 0 Å². The highest BCUT2D eigenvalue weighted by atomic mass is 32.2. The van der Waals surface area contributed by atoms with Crippen LogP contribution in [0.5, 0.6) is 0 Å². The summed E-state index contributed by atoms with van der Waals surface area (Å²) in [6.45, 7) is 12.5. The summed E-state index contributed by atoms with van der Waals surface area (Å²) < 4.78 is 26.1. The second-order valence-electron chi connectivity index (χ2n) is 8.23. The van der Waals surface area contributed by atoms with Gasteiger partial charge in [-0.25, -0.2) is 18.4 Å². The number of aromatic nitrogens is 2. The van der Waals surface area contributed by atoms with Crippen molar-refractivity contribution in [3.8, 4) is 0 Å². The largest absolute Gasteiger partial charge is 0.354 e. The van der Waals surface area contributed by atoms with Gasteiger partial charge in [0.2, 0.25) is 10.0 Å². The van der Waals surface area contributed by atoms with Gasteiger partial charge in [0.05, 0.1) is 5.75 Å². The van der Waals surface area contributed by atoms with Crippen LogP contribution in [0.2, 0.25) is 0 Å². The SMILES string of the molecule is CC[C@@H](C)c1nc(C)c(Cc2cccc(C)c2)c(N2CCN(S(=O)(=O)CC)CC2)n1. The smallest absolute Gasteiger partial charge is 0.213 e. The maximum Gasteiger partial charge on any atom is 0.213 e. The first-order valence-corrected chi connectivity index (χ1v) is 12.5. The van der Waals surface area contributed by atoms with Crippen LogP contribution in [-0.2, 0) is 16.4 Å². The van der Waals surface area contributed by atoms with Gasteiger partial charge in [-0.2, -0.15) is 4.31 Å². The number of aryl methyl sites for hydroxylation is 2. The summed E-state index contributed by atoms with van der Waals surface area (Å²) in [5.41, 5.74) is 4.63. The maximum atomic E-state index is 12.3. The first-order valence-electron chi connectivity index (χ1n) is 10.9. The Labute approximate surface area is 181 Å². The van der Waals surface area contributed by atoms with Crippen LogP contribution in [0, 0.1) is 13.8 Å². The number of hydrogen-bond acceptors (Lipinski definition) is 5. The van der Waals surface area contributed by atoms with Crippen LogP contribution < -0.4 is 4.90 Å². The average molecular weight is 431 g/mol. The Kier molecular flexibility index (Phi) is 7.14. The van der Waals surface area contributed by atoms with Gasteiger partial charge in [-0.3, -0.25) is 0 Å². The summed E-state index contributed by atoms with van der Waals surface area (Å²) >= 11 is 0. The summed E-state index contributed by atoms with van der Waals surface area (Å²) in [6, 6.07) is 8.54. The number of anilines is 1. The van der Waals surface area contributed by atoms with E-state index in [-0.39, 0.29) is 11.7 Å². The molecule has 0 N–H and O–H groups in total. The standard InChI is InChI=1S/C23H34N4O2S/c1-6-18(4)22-24-19(5)21(16-20-10-8-9-17(3)15-20)23(25-22)26-11-13-27(14-12-26)30(28,29)7-2/h8-10,15,18H,6-7,11-14,16H2,1-5H3/t18-/m1/s1. The molecular weight excluding hydrogens is 396 g/mol. The minimum Gasteiger partial charge on any atom is -0.354 e. The molecule has 1 aromatic carbocycles. The predicted octanol–water partition coefficient (Wildman–Crippen LogP) is 3.67. The van der Waals surface area contributed by atoms with E-state index in [0.717, 1.165) is 35.7 Å². The van der Waals surface area contributed by atoms with Crippen LogP contribution >= 0.6 is 0 Å². The number of sulfonamides is 1. The molecule has 0 amide bonds. The fourth-order valence-corrected chi connectivity index (χ4v) is 4.95. The molecule has 7 heteroatoms. The number of hydrogen-bond donors (Lipinski definition) is 0. The lowest BCUT2D eigenvalue weighted by Gasteiger charge is -2.36. The zero-order valence-electron chi connectivity index (χ0n) is 18.9. The molecule has 1 fully saturated rings. The lowest BCUT2D eigenvalue weighted by atomic mass is 10.0. The zero-order valence-corrected chi connectivity index (χ0v) is 19.7. The Morgan fingerprint density at radius 1 is 1.07 bits per heavy atom. The molecule has 1 aromatic heterocycles. The van der Waals surface area contributed by atoms with E-state index in [4.69, 9.17) is 9.97 Å². The van der Waals surface area contributed by atoms with E-state index in [1.54, 1.807) is 11.2 Å². The summed E-state index contributed by atoms with van der Waals surface area (Å²) in [5.74, 6) is 2.28. The minimum atomic E-state index is -3.15. The van der Waals surface area contributed by atoms with Gasteiger partial charge in [-0.05, 0) is 32.8 Å². The fourth-order valence-electron chi connectivity index (χ4n) is 3.86. The predicted molar refractivity (Wildman–Crippen MR) is 123 cm³/mol. The molecule has 1 saturated heterocycles. The van der Waals surface area contributed by atoms with E-state index in [1.165, 1.54) is 11.1 Å². The van der Waals surface area contributed by atoms with Crippen molar-refractivity contribution in [1.29, 1.82) is 0 Å². The number of benzene rings is 1. The molecule has 1 aliphatic heterocycles. The molecule has 1 aliphatic rings.